The van der Waals surface area contributed by atoms with Crippen molar-refractivity contribution in [1.29, 1.82) is 0 Å². The largest absolute Gasteiger partial charge is 0.479 e. The van der Waals surface area contributed by atoms with Crippen molar-refractivity contribution >= 4 is 34.4 Å². The van der Waals surface area contributed by atoms with Gasteiger partial charge >= 0.3 is 12.1 Å². The average Bonchev–Trinajstić information content (AvgIpc) is 3.58. The molecule has 0 atom stereocenters. The number of carboxylic acids is 1. The zero-order valence-electron chi connectivity index (χ0n) is 18.8. The topological polar surface area (TPSA) is 109 Å². The summed E-state index contributed by atoms with van der Waals surface area (Å²) in [6.07, 6.45) is 0.452. The van der Waals surface area contributed by atoms with E-state index >= 15 is 0 Å². The van der Waals surface area contributed by atoms with E-state index in [2.05, 4.69) is 34.6 Å². The highest BCUT2D eigenvalue weighted by molar-refractivity contribution is 7.13. The number of carbonyl (C=O) groups is 3. The molecule has 3 heterocycles. The number of nitrogens with zero attached hydrogens (tertiary/aromatic N) is 2. The third-order valence-electron chi connectivity index (χ3n) is 7.35. The highest BCUT2D eigenvalue weighted by Gasteiger charge is 2.62. The Kier molecular flexibility index (Phi) is 5.10. The van der Waals surface area contributed by atoms with Gasteiger partial charge < -0.3 is 14.7 Å². The van der Waals surface area contributed by atoms with Gasteiger partial charge in [-0.1, -0.05) is 48.5 Å². The Hall–Kier alpha value is -3.72. The molecule has 7 rings (SSSR count). The number of hydrogen-bond donors (Lipinski definition) is 2. The number of anilines is 1. The molecule has 2 bridgehead atoms. The first-order chi connectivity index (χ1) is 16.9. The summed E-state index contributed by atoms with van der Waals surface area (Å²) >= 11 is 1.20. The molecule has 2 N–H and O–H groups in total. The molecule has 0 spiro atoms. The summed E-state index contributed by atoms with van der Waals surface area (Å²) in [5.74, 6) is -0.942. The molecule has 9 heteroatoms. The molecule has 4 aliphatic rings. The molecule has 3 aromatic rings. The molecule has 2 amide bonds. The number of amides is 2. The number of thiazole rings is 1. The average molecular weight is 490 g/mol. The molecule has 2 aromatic carbocycles. The second kappa shape index (κ2) is 8.20. The molecule has 0 radical (unpaired) electrons. The lowest BCUT2D eigenvalue weighted by molar-refractivity contribution is -0.158. The van der Waals surface area contributed by atoms with Crippen molar-refractivity contribution in [2.75, 3.05) is 18.5 Å². The summed E-state index contributed by atoms with van der Waals surface area (Å²) in [4.78, 5) is 42.7. The zero-order chi connectivity index (χ0) is 24.2. The van der Waals surface area contributed by atoms with E-state index in [1.807, 2.05) is 24.3 Å². The first-order valence-corrected chi connectivity index (χ1v) is 12.4. The zero-order valence-corrected chi connectivity index (χ0v) is 19.6. The number of carboxylic acid groups (broad SMARTS) is 1. The lowest BCUT2D eigenvalue weighted by Crippen LogP contribution is -2.54. The highest BCUT2D eigenvalue weighted by Crippen LogP contribution is 2.51. The molecule has 178 valence electrons. The number of nitrogens with one attached hydrogen (secondary N) is 1. The van der Waals surface area contributed by atoms with Crippen LogP contribution in [0.5, 0.6) is 0 Å². The van der Waals surface area contributed by atoms with Gasteiger partial charge in [0.25, 0.3) is 0 Å². The first-order valence-electron chi connectivity index (χ1n) is 11.5. The van der Waals surface area contributed by atoms with E-state index < -0.39 is 17.6 Å². The number of hydrogen-bond acceptors (Lipinski definition) is 6. The van der Waals surface area contributed by atoms with Gasteiger partial charge in [0.2, 0.25) is 5.91 Å². The first kappa shape index (κ1) is 21.8. The van der Waals surface area contributed by atoms with E-state index in [1.54, 1.807) is 5.38 Å². The molecule has 8 nitrogen and oxygen atoms in total. The number of carbonyl (C=O) groups excluding carboxylic acids is 2. The maximum absolute atomic E-state index is 12.8. The van der Waals surface area contributed by atoms with Crippen LogP contribution in [0.15, 0.2) is 53.9 Å². The molecular formula is C26H23N3O5S. The van der Waals surface area contributed by atoms with Gasteiger partial charge in [-0.05, 0) is 41.0 Å². The van der Waals surface area contributed by atoms with Gasteiger partial charge in [0.05, 0.1) is 12.1 Å². The van der Waals surface area contributed by atoms with Crippen molar-refractivity contribution in [1.82, 2.24) is 9.88 Å². The van der Waals surface area contributed by atoms with Crippen LogP contribution in [0.1, 0.15) is 35.6 Å². The lowest BCUT2D eigenvalue weighted by Gasteiger charge is -2.37. The Morgan fingerprint density at radius 3 is 2.40 bits per heavy atom. The Morgan fingerprint density at radius 2 is 1.74 bits per heavy atom. The Balaban J connectivity index is 1.07. The van der Waals surface area contributed by atoms with Crippen molar-refractivity contribution in [3.8, 4) is 11.1 Å². The summed E-state index contributed by atoms with van der Waals surface area (Å²) in [5.41, 5.74) is 4.04. The van der Waals surface area contributed by atoms with Crippen LogP contribution >= 0.6 is 11.3 Å². The van der Waals surface area contributed by atoms with Crippen molar-refractivity contribution in [2.45, 2.75) is 30.7 Å². The minimum absolute atomic E-state index is 0.00458. The highest BCUT2D eigenvalue weighted by atomic mass is 32.1. The van der Waals surface area contributed by atoms with Gasteiger partial charge in [-0.25, -0.2) is 14.6 Å². The predicted molar refractivity (Wildman–Crippen MR) is 129 cm³/mol. The van der Waals surface area contributed by atoms with Crippen LogP contribution in [0.2, 0.25) is 0 Å². The minimum Gasteiger partial charge on any atom is -0.479 e. The third kappa shape index (κ3) is 3.58. The van der Waals surface area contributed by atoms with E-state index in [-0.39, 0.29) is 30.8 Å². The standard InChI is InChI=1S/C26H23N3O5S/c30-22(29-12-15-10-26(29,11-15)23(31)32)9-16-14-35-24(27-16)28-25(33)34-13-21-19-7-3-1-5-17(19)18-6-2-4-8-20(18)21/h1-8,14-15,21H,9-13H2,(H,31,32)(H,27,28,33). The van der Waals surface area contributed by atoms with Crippen molar-refractivity contribution < 1.29 is 24.2 Å². The SMILES string of the molecule is O=C(Nc1nc(CC(=O)N2CC3CC2(C(=O)O)C3)cs1)OCC1c2ccccc2-c2ccccc21. The summed E-state index contributed by atoms with van der Waals surface area (Å²) in [5, 5.41) is 14.3. The fourth-order valence-corrected chi connectivity index (χ4v) is 6.42. The fraction of sp³-hybridized carbons (Fsp3) is 0.308. The molecule has 1 aromatic heterocycles. The van der Waals surface area contributed by atoms with Crippen LogP contribution in [0.25, 0.3) is 11.1 Å². The van der Waals surface area contributed by atoms with Crippen LogP contribution in [0.4, 0.5) is 9.93 Å². The second-order valence-corrected chi connectivity index (χ2v) is 10.2. The van der Waals surface area contributed by atoms with Crippen LogP contribution in [-0.4, -0.2) is 51.7 Å². The maximum Gasteiger partial charge on any atom is 0.413 e. The van der Waals surface area contributed by atoms with E-state index in [0.717, 1.165) is 22.3 Å². The minimum atomic E-state index is -1.04. The van der Waals surface area contributed by atoms with E-state index in [4.69, 9.17) is 4.74 Å². The number of benzene rings is 2. The normalized spacial score (nSPS) is 21.7. The number of aliphatic carboxylic acids is 1. The molecule has 2 aliphatic carbocycles. The number of fused-ring (bicyclic) bond motifs is 4. The monoisotopic (exact) mass is 489 g/mol. The number of rotatable bonds is 6. The van der Waals surface area contributed by atoms with Gasteiger partial charge in [0.15, 0.2) is 5.13 Å². The van der Waals surface area contributed by atoms with Crippen LogP contribution in [-0.2, 0) is 20.7 Å². The maximum atomic E-state index is 12.8. The molecule has 0 unspecified atom stereocenters. The van der Waals surface area contributed by atoms with Gasteiger partial charge in [-0.15, -0.1) is 11.3 Å². The number of aromatic nitrogens is 1. The van der Waals surface area contributed by atoms with Gasteiger partial charge in [-0.2, -0.15) is 0 Å². The number of ether oxygens (including phenoxy) is 1. The molecular weight excluding hydrogens is 466 g/mol. The van der Waals surface area contributed by atoms with E-state index in [9.17, 15) is 19.5 Å². The van der Waals surface area contributed by atoms with E-state index in [1.165, 1.54) is 16.2 Å². The van der Waals surface area contributed by atoms with Crippen molar-refractivity contribution in [2.24, 2.45) is 5.92 Å². The second-order valence-electron chi connectivity index (χ2n) is 9.39. The van der Waals surface area contributed by atoms with Crippen molar-refractivity contribution in [3.63, 3.8) is 0 Å². The van der Waals surface area contributed by atoms with Crippen molar-refractivity contribution in [3.05, 3.63) is 70.7 Å². The van der Waals surface area contributed by atoms with Crippen LogP contribution in [0, 0.1) is 5.92 Å². The third-order valence-corrected chi connectivity index (χ3v) is 8.15. The molecule has 1 saturated carbocycles. The van der Waals surface area contributed by atoms with Gasteiger partial charge in [0, 0.05) is 17.8 Å². The Bertz CT molecular complexity index is 1300. The smallest absolute Gasteiger partial charge is 0.413 e. The molecule has 2 aliphatic heterocycles. The summed E-state index contributed by atoms with van der Waals surface area (Å²) in [6, 6.07) is 16.3. The molecule has 3 fully saturated rings. The molecule has 35 heavy (non-hydrogen) atoms. The predicted octanol–water partition coefficient (Wildman–Crippen LogP) is 4.12. The Morgan fingerprint density at radius 1 is 1.09 bits per heavy atom. The quantitative estimate of drug-likeness (QED) is 0.539. The lowest BCUT2D eigenvalue weighted by atomic mass is 9.73. The fourth-order valence-electron chi connectivity index (χ4n) is 5.73. The Labute approximate surface area is 205 Å². The van der Waals surface area contributed by atoms with Gasteiger partial charge in [0.1, 0.15) is 12.1 Å². The van der Waals surface area contributed by atoms with Gasteiger partial charge in [-0.3, -0.25) is 10.1 Å². The summed E-state index contributed by atoms with van der Waals surface area (Å²) in [7, 11) is 0. The van der Waals surface area contributed by atoms with E-state index in [0.29, 0.717) is 30.2 Å². The van der Waals surface area contributed by atoms with Crippen LogP contribution < -0.4 is 5.32 Å². The summed E-state index contributed by atoms with van der Waals surface area (Å²) in [6.45, 7) is 0.685. The van der Waals surface area contributed by atoms with Crippen LogP contribution in [0.3, 0.4) is 0 Å². The summed E-state index contributed by atoms with van der Waals surface area (Å²) < 4.78 is 5.55. The molecule has 2 saturated heterocycles.